The average molecular weight is 277 g/mol. The van der Waals surface area contributed by atoms with Gasteiger partial charge in [0.15, 0.2) is 5.75 Å². The molecule has 0 saturated heterocycles. The largest absolute Gasteiger partial charge is 0.573 e. The fourth-order valence-electron chi connectivity index (χ4n) is 2.16. The first-order valence-electron chi connectivity index (χ1n) is 5.96. The fourth-order valence-corrected chi connectivity index (χ4v) is 2.16. The summed E-state index contributed by atoms with van der Waals surface area (Å²) in [5.74, 6) is -0.197. The first-order chi connectivity index (χ1) is 9.54. The van der Waals surface area contributed by atoms with Gasteiger partial charge in [0.2, 0.25) is 0 Å². The molecule has 0 aliphatic heterocycles. The number of hydrogen-bond acceptors (Lipinski definition) is 1. The average Bonchev–Trinajstić information content (AvgIpc) is 2.77. The van der Waals surface area contributed by atoms with Crippen LogP contribution in [-0.2, 0) is 0 Å². The van der Waals surface area contributed by atoms with Gasteiger partial charge in [0.25, 0.3) is 0 Å². The zero-order valence-corrected chi connectivity index (χ0v) is 10.3. The molecule has 0 atom stereocenters. The lowest BCUT2D eigenvalue weighted by molar-refractivity contribution is -0.274. The molecule has 0 radical (unpaired) electrons. The summed E-state index contributed by atoms with van der Waals surface area (Å²) in [5, 5.41) is 0.425. The van der Waals surface area contributed by atoms with Crippen LogP contribution in [0, 0.1) is 0 Å². The van der Waals surface area contributed by atoms with E-state index in [0.717, 1.165) is 5.69 Å². The van der Waals surface area contributed by atoms with Crippen LogP contribution in [0.3, 0.4) is 0 Å². The molecule has 0 aliphatic carbocycles. The molecule has 5 heteroatoms. The Balaban J connectivity index is 2.19. The van der Waals surface area contributed by atoms with Gasteiger partial charge in [-0.1, -0.05) is 30.3 Å². The summed E-state index contributed by atoms with van der Waals surface area (Å²) < 4.78 is 43.1. The van der Waals surface area contributed by atoms with Crippen LogP contribution in [0.5, 0.6) is 5.75 Å². The summed E-state index contributed by atoms with van der Waals surface area (Å²) in [5.41, 5.74) is 1.44. The van der Waals surface area contributed by atoms with Crippen LogP contribution in [0.4, 0.5) is 13.2 Å². The molecule has 0 aliphatic rings. The number of ether oxygens (including phenoxy) is 1. The molecule has 2 nitrogen and oxygen atoms in total. The number of alkyl halides is 3. The van der Waals surface area contributed by atoms with Crippen molar-refractivity contribution in [1.82, 2.24) is 4.57 Å². The van der Waals surface area contributed by atoms with Crippen LogP contribution < -0.4 is 4.74 Å². The number of benzene rings is 2. The maximum atomic E-state index is 12.4. The molecule has 2 aromatic carbocycles. The molecule has 3 rings (SSSR count). The standard InChI is InChI=1S/C15H10F3NO/c16-15(17,18)20-14-10-19(11-6-2-1-3-7-11)13-9-5-4-8-12(13)14/h1-10H. The molecule has 0 N–H and O–H groups in total. The van der Waals surface area contributed by atoms with E-state index < -0.39 is 6.36 Å². The maximum Gasteiger partial charge on any atom is 0.573 e. The van der Waals surface area contributed by atoms with Gasteiger partial charge in [-0.25, -0.2) is 0 Å². The summed E-state index contributed by atoms with van der Waals surface area (Å²) in [4.78, 5) is 0. The monoisotopic (exact) mass is 277 g/mol. The third-order valence-electron chi connectivity index (χ3n) is 2.94. The molecule has 20 heavy (non-hydrogen) atoms. The summed E-state index contributed by atoms with van der Waals surface area (Å²) in [7, 11) is 0. The Hall–Kier alpha value is -2.43. The second-order valence-corrected chi connectivity index (χ2v) is 4.26. The number of rotatable bonds is 2. The highest BCUT2D eigenvalue weighted by atomic mass is 19.4. The number of hydrogen-bond donors (Lipinski definition) is 0. The molecule has 1 heterocycles. The lowest BCUT2D eigenvalue weighted by Gasteiger charge is -2.06. The maximum absolute atomic E-state index is 12.4. The zero-order chi connectivity index (χ0) is 14.2. The smallest absolute Gasteiger partial charge is 0.403 e. The van der Waals surface area contributed by atoms with E-state index in [9.17, 15) is 13.2 Å². The van der Waals surface area contributed by atoms with Gasteiger partial charge in [0.05, 0.1) is 11.7 Å². The number of fused-ring (bicyclic) bond motifs is 1. The molecular weight excluding hydrogens is 267 g/mol. The van der Waals surface area contributed by atoms with E-state index in [1.807, 2.05) is 30.3 Å². The van der Waals surface area contributed by atoms with Crippen LogP contribution in [0.1, 0.15) is 0 Å². The van der Waals surface area contributed by atoms with Gasteiger partial charge >= 0.3 is 6.36 Å². The van der Waals surface area contributed by atoms with E-state index >= 15 is 0 Å². The Morgan fingerprint density at radius 2 is 1.50 bits per heavy atom. The second-order valence-electron chi connectivity index (χ2n) is 4.26. The van der Waals surface area contributed by atoms with E-state index in [2.05, 4.69) is 4.74 Å². The van der Waals surface area contributed by atoms with Crippen molar-refractivity contribution in [3.63, 3.8) is 0 Å². The Kier molecular flexibility index (Phi) is 2.89. The van der Waals surface area contributed by atoms with Gasteiger partial charge < -0.3 is 9.30 Å². The first-order valence-corrected chi connectivity index (χ1v) is 5.96. The number of para-hydroxylation sites is 2. The Bertz CT molecular complexity index is 732. The fraction of sp³-hybridized carbons (Fsp3) is 0.0667. The van der Waals surface area contributed by atoms with Crippen LogP contribution in [-0.4, -0.2) is 10.9 Å². The Morgan fingerprint density at radius 3 is 2.20 bits per heavy atom. The van der Waals surface area contributed by atoms with Crippen LogP contribution in [0.2, 0.25) is 0 Å². The van der Waals surface area contributed by atoms with Crippen LogP contribution >= 0.6 is 0 Å². The van der Waals surface area contributed by atoms with E-state index in [4.69, 9.17) is 0 Å². The molecule has 0 bridgehead atoms. The van der Waals surface area contributed by atoms with E-state index in [1.165, 1.54) is 6.20 Å². The number of nitrogens with zero attached hydrogens (tertiary/aromatic N) is 1. The topological polar surface area (TPSA) is 14.2 Å². The van der Waals surface area contributed by atoms with Gasteiger partial charge in [0, 0.05) is 11.1 Å². The van der Waals surface area contributed by atoms with Crippen LogP contribution in [0.25, 0.3) is 16.6 Å². The summed E-state index contributed by atoms with van der Waals surface area (Å²) in [6.45, 7) is 0. The molecule has 0 unspecified atom stereocenters. The minimum Gasteiger partial charge on any atom is -0.403 e. The third-order valence-corrected chi connectivity index (χ3v) is 2.94. The van der Waals surface area contributed by atoms with Crippen molar-refractivity contribution in [3.8, 4) is 11.4 Å². The van der Waals surface area contributed by atoms with Gasteiger partial charge in [-0.05, 0) is 24.3 Å². The number of aromatic nitrogens is 1. The van der Waals surface area contributed by atoms with E-state index in [0.29, 0.717) is 10.9 Å². The predicted molar refractivity (Wildman–Crippen MR) is 70.0 cm³/mol. The second kappa shape index (κ2) is 4.59. The summed E-state index contributed by atoms with van der Waals surface area (Å²) in [6, 6.07) is 16.0. The van der Waals surface area contributed by atoms with Gasteiger partial charge in [0.1, 0.15) is 0 Å². The summed E-state index contributed by atoms with van der Waals surface area (Å²) in [6.07, 6.45) is -3.35. The van der Waals surface area contributed by atoms with Crippen molar-refractivity contribution in [2.75, 3.05) is 0 Å². The first kappa shape index (κ1) is 12.6. The molecule has 0 spiro atoms. The van der Waals surface area contributed by atoms with Crippen molar-refractivity contribution in [1.29, 1.82) is 0 Å². The van der Waals surface area contributed by atoms with Gasteiger partial charge in [-0.3, -0.25) is 0 Å². The predicted octanol–water partition coefficient (Wildman–Crippen LogP) is 4.53. The van der Waals surface area contributed by atoms with Crippen molar-refractivity contribution in [2.24, 2.45) is 0 Å². The Labute approximate surface area is 113 Å². The molecular formula is C15H10F3NO. The molecule has 3 aromatic rings. The summed E-state index contributed by atoms with van der Waals surface area (Å²) >= 11 is 0. The van der Waals surface area contributed by atoms with Crippen molar-refractivity contribution in [3.05, 3.63) is 60.8 Å². The molecule has 0 amide bonds. The quantitative estimate of drug-likeness (QED) is 0.671. The van der Waals surface area contributed by atoms with Crippen molar-refractivity contribution in [2.45, 2.75) is 6.36 Å². The number of halogens is 3. The van der Waals surface area contributed by atoms with E-state index in [-0.39, 0.29) is 5.75 Å². The lowest BCUT2D eigenvalue weighted by Crippen LogP contribution is -2.16. The van der Waals surface area contributed by atoms with Gasteiger partial charge in [-0.2, -0.15) is 0 Å². The molecule has 0 fully saturated rings. The lowest BCUT2D eigenvalue weighted by atomic mass is 10.2. The van der Waals surface area contributed by atoms with E-state index in [1.54, 1.807) is 28.8 Å². The Morgan fingerprint density at radius 1 is 0.850 bits per heavy atom. The van der Waals surface area contributed by atoms with Crippen molar-refractivity contribution >= 4 is 10.9 Å². The van der Waals surface area contributed by atoms with Crippen molar-refractivity contribution < 1.29 is 17.9 Å². The third kappa shape index (κ3) is 2.34. The minimum absolute atomic E-state index is 0.197. The highest BCUT2D eigenvalue weighted by Gasteiger charge is 2.32. The highest BCUT2D eigenvalue weighted by Crippen LogP contribution is 2.33. The normalized spacial score (nSPS) is 11.8. The molecule has 102 valence electrons. The highest BCUT2D eigenvalue weighted by molar-refractivity contribution is 5.88. The van der Waals surface area contributed by atoms with Crippen LogP contribution in [0.15, 0.2) is 60.8 Å². The van der Waals surface area contributed by atoms with Gasteiger partial charge in [-0.15, -0.1) is 13.2 Å². The minimum atomic E-state index is -4.70. The molecule has 1 aromatic heterocycles. The molecule has 0 saturated carbocycles. The SMILES string of the molecule is FC(F)(F)Oc1cn(-c2ccccc2)c2ccccc12. The zero-order valence-electron chi connectivity index (χ0n) is 10.3.